The van der Waals surface area contributed by atoms with E-state index in [1.807, 2.05) is 171 Å². The molecule has 0 amide bonds. The van der Waals surface area contributed by atoms with Crippen LogP contribution in [0.5, 0.6) is 11.5 Å². The number of para-hydroxylation sites is 8. The molecule has 0 radical (unpaired) electrons. The van der Waals surface area contributed by atoms with Crippen LogP contribution in [-0.4, -0.2) is 55.0 Å². The Morgan fingerprint density at radius 3 is 1.29 bits per heavy atom. The van der Waals surface area contributed by atoms with Gasteiger partial charge in [0.2, 0.25) is 6.71 Å². The zero-order valence-corrected chi connectivity index (χ0v) is 77.6. The number of hydrogen-bond donors (Lipinski definition) is 0. The third-order valence-corrected chi connectivity index (χ3v) is 28.3. The molecule has 0 fully saturated rings. The van der Waals surface area contributed by atoms with Crippen LogP contribution in [0.4, 0.5) is 51.4 Å². The third-order valence-electron chi connectivity index (χ3n) is 28.3. The number of furan rings is 3. The third kappa shape index (κ3) is 14.6. The number of anilines is 9. The van der Waals surface area contributed by atoms with Crippen LogP contribution in [0.3, 0.4) is 0 Å². The molecule has 0 N–H and O–H groups in total. The molecule has 0 atom stereocenters. The van der Waals surface area contributed by atoms with E-state index in [0.717, 1.165) is 169 Å². The van der Waals surface area contributed by atoms with E-state index in [1.165, 1.54) is 87.5 Å². The average molecular weight is 1840 g/mol. The summed E-state index contributed by atoms with van der Waals surface area (Å²) >= 11 is 0. The van der Waals surface area contributed by atoms with Crippen LogP contribution in [0.15, 0.2) is 506 Å². The minimum absolute atomic E-state index is 0.0657. The van der Waals surface area contributed by atoms with E-state index < -0.39 is 0 Å². The molecule has 0 spiro atoms. The lowest BCUT2D eigenvalue weighted by atomic mass is 9.33. The van der Waals surface area contributed by atoms with Crippen LogP contribution in [0.25, 0.3) is 144 Å². The maximum absolute atomic E-state index is 6.62. The summed E-state index contributed by atoms with van der Waals surface area (Å²) in [6.07, 6.45) is 16.8. The van der Waals surface area contributed by atoms with Gasteiger partial charge in [-0.3, -0.25) is 34.7 Å². The van der Waals surface area contributed by atoms with Crippen molar-refractivity contribution in [1.29, 1.82) is 0 Å². The molecule has 4 aliphatic heterocycles. The predicted molar refractivity (Wildman–Crippen MR) is 589 cm³/mol. The zero-order chi connectivity index (χ0) is 95.1. The predicted octanol–water partition coefficient (Wildman–Crippen LogP) is 25.7. The van der Waals surface area contributed by atoms with Crippen molar-refractivity contribution in [3.8, 4) is 101 Å². The van der Waals surface area contributed by atoms with Crippen molar-refractivity contribution in [1.82, 2.24) is 34.9 Å². The van der Waals surface area contributed by atoms with E-state index in [4.69, 9.17) is 52.9 Å². The summed E-state index contributed by atoms with van der Waals surface area (Å²) in [6, 6.07) is 152. The molecule has 17 aromatic carbocycles. The fraction of sp³-hybridized carbons (Fsp3) is 0. The summed E-state index contributed by atoms with van der Waals surface area (Å²) in [7, 11) is 0. The van der Waals surface area contributed by atoms with Gasteiger partial charge in [-0.2, -0.15) is 0 Å². The Kier molecular flexibility index (Phi) is 20.9. The van der Waals surface area contributed by atoms with E-state index in [0.29, 0.717) is 0 Å². The van der Waals surface area contributed by atoms with E-state index in [1.54, 1.807) is 12.5 Å². The number of pyridine rings is 3. The van der Waals surface area contributed by atoms with Crippen molar-refractivity contribution in [3.63, 3.8) is 0 Å². The van der Waals surface area contributed by atoms with E-state index in [-0.39, 0.29) is 20.1 Å². The minimum Gasteiger partial charge on any atom is -0.464 e. The van der Waals surface area contributed by atoms with Gasteiger partial charge in [-0.1, -0.05) is 323 Å². The van der Waals surface area contributed by atoms with Crippen molar-refractivity contribution in [2.45, 2.75) is 0 Å². The van der Waals surface area contributed by atoms with Gasteiger partial charge < -0.3 is 22.9 Å². The first-order chi connectivity index (χ1) is 71.5. The quantitative estimate of drug-likeness (QED) is 0.0708. The maximum atomic E-state index is 6.62. The highest BCUT2D eigenvalue weighted by Gasteiger charge is 2.41. The Morgan fingerprint density at radius 2 is 0.701 bits per heavy atom. The number of benzene rings is 17. The summed E-state index contributed by atoms with van der Waals surface area (Å²) in [5, 5.41) is 8.26. The molecule has 0 saturated carbocycles. The number of aromatic nitrogens is 7. The summed E-state index contributed by atoms with van der Waals surface area (Å²) in [4.78, 5) is 41.5. The highest BCUT2D eigenvalue weighted by Crippen LogP contribution is 2.54. The van der Waals surface area contributed by atoms with Gasteiger partial charge in [0.05, 0.1) is 58.5 Å². The first kappa shape index (κ1) is 84.2. The molecule has 0 unspecified atom stereocenters. The Balaban J connectivity index is 0.000000109. The van der Waals surface area contributed by atoms with Crippen molar-refractivity contribution in [2.24, 2.45) is 0 Å². The second kappa shape index (κ2) is 35.7. The second-order valence-electron chi connectivity index (χ2n) is 36.4. The van der Waals surface area contributed by atoms with Crippen LogP contribution < -0.4 is 68.9 Å². The van der Waals surface area contributed by atoms with Gasteiger partial charge in [0.1, 0.15) is 23.0 Å². The fourth-order valence-corrected chi connectivity index (χ4v) is 22.2. The minimum atomic E-state index is -0.108. The van der Waals surface area contributed by atoms with Gasteiger partial charge in [0.15, 0.2) is 23.1 Å². The molecule has 0 bridgehead atoms. The second-order valence-corrected chi connectivity index (χ2v) is 36.4. The molecule has 14 nitrogen and oxygen atoms in total. The highest BCUT2D eigenvalue weighted by atomic mass is 16.5. The number of hydrogen-bond acceptors (Lipinski definition) is 14. The van der Waals surface area contributed by atoms with Crippen LogP contribution >= 0.6 is 0 Å². The standard InChI is InChI=1S/C51H31BN2O2.C41H27BN4O.C35H23BN4O/c1-2-15-32(16-3-1)44-29-30-45(55-44)38-31-53-41-24-14-23-40-49(41)48(38)37-21-8-9-22-39(37)52(40)50-33-17-4-6-19-35(33)51(36-20-7-5-18-34(36)50)54-42-25-10-12-27-46(42)56-47-28-13-11-26-43(47)54;1-3-12-31(13-4-1)46(32-14-5-2-6-15-32)40-27-44-39(26-45-40)42-35-20-19-29(28-10-7-11-30(24-28)38-18-9-23-47-38)25-34(35)33-21-22-43-37-17-8-16-36(42)41(33)37;1-3-10-25(11-4-1)40(26-12-5-2-6-13-26)34-23-38-33(22-39-34)36-29-15-8-7-14-27(29)28-17-18-37-31-21-24(20-30(36)35(28)31)32-16-9-19-41-32/h1-31H;1-27H;1-23H. The van der Waals surface area contributed by atoms with Crippen molar-refractivity contribution in [2.75, 3.05) is 14.7 Å². The van der Waals surface area contributed by atoms with Gasteiger partial charge in [-0.05, 0) is 201 Å². The summed E-state index contributed by atoms with van der Waals surface area (Å²) in [5.41, 5.74) is 34.0. The Bertz CT molecular complexity index is 9040. The lowest BCUT2D eigenvalue weighted by molar-refractivity contribution is 0.477. The molecule has 17 heteroatoms. The smallest absolute Gasteiger partial charge is 0.268 e. The van der Waals surface area contributed by atoms with E-state index >= 15 is 0 Å². The largest absolute Gasteiger partial charge is 0.464 e. The number of ether oxygens (including phenoxy) is 1. The van der Waals surface area contributed by atoms with Crippen molar-refractivity contribution >= 4 is 175 Å². The monoisotopic (exact) mass is 1840 g/mol. The zero-order valence-electron chi connectivity index (χ0n) is 77.6. The van der Waals surface area contributed by atoms with Gasteiger partial charge in [-0.25, -0.2) is 9.97 Å². The van der Waals surface area contributed by atoms with E-state index in [2.05, 4.69) is 324 Å². The molecule has 29 rings (SSSR count). The fourth-order valence-electron chi connectivity index (χ4n) is 22.2. The molecule has 672 valence electrons. The lowest BCUT2D eigenvalue weighted by Crippen LogP contribution is -2.56. The first-order valence-electron chi connectivity index (χ1n) is 48.4. The lowest BCUT2D eigenvalue weighted by Gasteiger charge is -2.35. The Labute approximate surface area is 831 Å². The van der Waals surface area contributed by atoms with Crippen LogP contribution in [-0.2, 0) is 0 Å². The molecule has 8 aromatic heterocycles. The van der Waals surface area contributed by atoms with Gasteiger partial charge in [0, 0.05) is 120 Å². The molecule has 25 aromatic rings. The summed E-state index contributed by atoms with van der Waals surface area (Å²) < 4.78 is 24.6. The first-order valence-corrected chi connectivity index (χ1v) is 48.4. The SMILES string of the molecule is c1ccc(-c2ccc(-c3cnc4cccc5c4c3-c3ccccc3B5c3c4ccccc4c(N4c5ccccc5Oc5ccccc54)c4ccccc34)o2)cc1.c1ccc(N(c2ccccc2)c2cnc(B3c4ccc(-c5cccc(-c6ccco6)c5)cc4-c4ccnc5cccc3c45)cn2)cc1.c1ccc(N(c2ccccc2)c2cnc(B3c4ccccc4-c4ccnc5cc(-c6ccco6)cc3c45)cn2)cc1. The van der Waals surface area contributed by atoms with Crippen LogP contribution in [0.1, 0.15) is 0 Å². The van der Waals surface area contributed by atoms with Crippen LogP contribution in [0.2, 0.25) is 0 Å². The summed E-state index contributed by atoms with van der Waals surface area (Å²) in [6.45, 7) is -0.273. The maximum Gasteiger partial charge on any atom is 0.268 e. The normalized spacial score (nSPS) is 12.2. The summed E-state index contributed by atoms with van der Waals surface area (Å²) in [5.74, 6) is 6.51. The average Bonchev–Trinajstić information content (AvgIpc) is 0.789. The molecule has 4 aliphatic rings. The number of rotatable bonds is 15. The van der Waals surface area contributed by atoms with Gasteiger partial charge in [-0.15, -0.1) is 0 Å². The Morgan fingerprint density at radius 1 is 0.243 bits per heavy atom. The molecule has 0 aliphatic carbocycles. The van der Waals surface area contributed by atoms with Gasteiger partial charge >= 0.3 is 0 Å². The highest BCUT2D eigenvalue weighted by molar-refractivity contribution is 7.01. The topological polar surface area (TPSA) is 149 Å². The number of nitrogens with zero attached hydrogens (tertiary/aromatic N) is 10. The van der Waals surface area contributed by atoms with E-state index in [9.17, 15) is 0 Å². The molecule has 144 heavy (non-hydrogen) atoms. The molecular formula is C127H81B3N10O4. The van der Waals surface area contributed by atoms with Crippen molar-refractivity contribution < 1.29 is 18.0 Å². The molecule has 12 heterocycles. The Hall–Kier alpha value is -19.1. The van der Waals surface area contributed by atoms with Crippen molar-refractivity contribution in [3.05, 3.63) is 493 Å². The molecular weight excluding hydrogens is 1760 g/mol. The number of fused-ring (bicyclic) bond motifs is 10. The van der Waals surface area contributed by atoms with Gasteiger partial charge in [0.25, 0.3) is 13.4 Å². The van der Waals surface area contributed by atoms with Crippen LogP contribution in [0, 0.1) is 0 Å². The molecule has 0 saturated heterocycles.